The normalized spacial score (nSPS) is 12.1. The Morgan fingerprint density at radius 3 is 2.39 bits per heavy atom. The molecule has 6 heteroatoms. The van der Waals surface area contributed by atoms with Crippen LogP contribution in [-0.4, -0.2) is 35.0 Å². The van der Waals surface area contributed by atoms with Crippen molar-refractivity contribution in [3.05, 3.63) is 34.9 Å². The van der Waals surface area contributed by atoms with E-state index in [-0.39, 0.29) is 5.56 Å². The van der Waals surface area contributed by atoms with Crippen LogP contribution in [0.2, 0.25) is 0 Å². The Bertz CT molecular complexity index is 502. The van der Waals surface area contributed by atoms with Crippen LogP contribution < -0.4 is 0 Å². The Morgan fingerprint density at radius 2 is 1.89 bits per heavy atom. The smallest absolute Gasteiger partial charge is 0.326 e. The van der Waals surface area contributed by atoms with Gasteiger partial charge in [0.15, 0.2) is 0 Å². The molecule has 1 atom stereocenters. The number of nitrogens with zero attached hydrogens (tertiary/aromatic N) is 1. The first kappa shape index (κ1) is 14.1. The average molecular weight is 257 g/mol. The van der Waals surface area contributed by atoms with Crippen molar-refractivity contribution in [1.29, 1.82) is 0 Å². The second-order valence-corrected chi connectivity index (χ2v) is 3.98. The number of carboxylic acid groups (broad SMARTS) is 1. The molecule has 0 aliphatic heterocycles. The molecule has 0 fully saturated rings. The number of hydrogen-bond acceptors (Lipinski definition) is 2. The summed E-state index contributed by atoms with van der Waals surface area (Å²) in [5.74, 6) is -4.22. The van der Waals surface area contributed by atoms with Gasteiger partial charge in [0.1, 0.15) is 23.2 Å². The van der Waals surface area contributed by atoms with Gasteiger partial charge in [0.25, 0.3) is 5.91 Å². The molecular weight excluding hydrogens is 244 g/mol. The molecule has 0 bridgehead atoms. The molecule has 1 unspecified atom stereocenters. The number of rotatable bonds is 3. The highest BCUT2D eigenvalue weighted by Crippen LogP contribution is 2.18. The van der Waals surface area contributed by atoms with Crippen molar-refractivity contribution in [3.63, 3.8) is 0 Å². The zero-order valence-electron chi connectivity index (χ0n) is 10.2. The topological polar surface area (TPSA) is 57.6 Å². The average Bonchev–Trinajstić information content (AvgIpc) is 2.32. The van der Waals surface area contributed by atoms with Crippen LogP contribution in [0.5, 0.6) is 0 Å². The summed E-state index contributed by atoms with van der Waals surface area (Å²) in [6.07, 6.45) is 0. The quantitative estimate of drug-likeness (QED) is 0.898. The van der Waals surface area contributed by atoms with Gasteiger partial charge in [-0.25, -0.2) is 13.6 Å². The van der Waals surface area contributed by atoms with Gasteiger partial charge >= 0.3 is 5.97 Å². The van der Waals surface area contributed by atoms with E-state index in [1.807, 2.05) is 0 Å². The third-order valence-corrected chi connectivity index (χ3v) is 2.76. The largest absolute Gasteiger partial charge is 0.480 e. The number of carboxylic acids is 1. The number of carbonyl (C=O) groups excluding carboxylic acids is 1. The van der Waals surface area contributed by atoms with Crippen LogP contribution >= 0.6 is 0 Å². The van der Waals surface area contributed by atoms with Crippen molar-refractivity contribution in [1.82, 2.24) is 4.90 Å². The number of likely N-dealkylation sites (N-methyl/N-ethyl adjacent to an activating group) is 1. The maximum Gasteiger partial charge on any atom is 0.326 e. The van der Waals surface area contributed by atoms with Gasteiger partial charge in [0.2, 0.25) is 0 Å². The van der Waals surface area contributed by atoms with E-state index in [1.54, 1.807) is 0 Å². The van der Waals surface area contributed by atoms with Gasteiger partial charge in [-0.1, -0.05) is 6.07 Å². The predicted molar refractivity (Wildman–Crippen MR) is 60.3 cm³/mol. The molecule has 1 aromatic carbocycles. The standard InChI is InChI=1S/C12H13F2NO3/c1-6-4-5-8(13)9(10(6)14)11(16)15(3)7(2)12(17)18/h4-5,7H,1-3H3,(H,17,18). The molecule has 0 aliphatic rings. The van der Waals surface area contributed by atoms with E-state index in [1.165, 1.54) is 27.0 Å². The van der Waals surface area contributed by atoms with Gasteiger partial charge in [-0.05, 0) is 25.5 Å². The first-order valence-corrected chi connectivity index (χ1v) is 5.22. The van der Waals surface area contributed by atoms with Crippen LogP contribution in [0.3, 0.4) is 0 Å². The number of aryl methyl sites for hydroxylation is 1. The maximum atomic E-state index is 13.7. The molecule has 1 aromatic rings. The lowest BCUT2D eigenvalue weighted by molar-refractivity contribution is -0.141. The minimum Gasteiger partial charge on any atom is -0.480 e. The molecule has 1 amide bonds. The van der Waals surface area contributed by atoms with Crippen LogP contribution in [-0.2, 0) is 4.79 Å². The highest BCUT2D eigenvalue weighted by molar-refractivity contribution is 5.97. The number of hydrogen-bond donors (Lipinski definition) is 1. The number of benzene rings is 1. The minimum absolute atomic E-state index is 0.121. The summed E-state index contributed by atoms with van der Waals surface area (Å²) < 4.78 is 27.2. The summed E-state index contributed by atoms with van der Waals surface area (Å²) in [7, 11) is 1.18. The summed E-state index contributed by atoms with van der Waals surface area (Å²) in [5.41, 5.74) is -0.610. The van der Waals surface area contributed by atoms with Gasteiger partial charge in [0.05, 0.1) is 0 Å². The number of carbonyl (C=O) groups is 2. The van der Waals surface area contributed by atoms with Gasteiger partial charge in [-0.15, -0.1) is 0 Å². The molecule has 1 N–H and O–H groups in total. The third kappa shape index (κ3) is 2.47. The molecule has 98 valence electrons. The first-order chi connectivity index (χ1) is 8.27. The fraction of sp³-hybridized carbons (Fsp3) is 0.333. The molecule has 0 spiro atoms. The van der Waals surface area contributed by atoms with Crippen molar-refractivity contribution in [2.45, 2.75) is 19.9 Å². The monoisotopic (exact) mass is 257 g/mol. The number of halogens is 2. The Balaban J connectivity index is 3.19. The summed E-state index contributed by atoms with van der Waals surface area (Å²) in [6.45, 7) is 2.65. The van der Waals surface area contributed by atoms with E-state index in [9.17, 15) is 18.4 Å². The van der Waals surface area contributed by atoms with Crippen molar-refractivity contribution in [2.75, 3.05) is 7.05 Å². The molecule has 0 radical (unpaired) electrons. The van der Waals surface area contributed by atoms with Crippen LogP contribution in [0.4, 0.5) is 8.78 Å². The zero-order valence-corrected chi connectivity index (χ0v) is 10.2. The molecule has 0 saturated carbocycles. The van der Waals surface area contributed by atoms with Crippen LogP contribution in [0.25, 0.3) is 0 Å². The van der Waals surface area contributed by atoms with Gasteiger partial charge < -0.3 is 10.0 Å². The molecule has 1 rings (SSSR count). The molecule has 18 heavy (non-hydrogen) atoms. The molecule has 0 aliphatic carbocycles. The third-order valence-electron chi connectivity index (χ3n) is 2.76. The lowest BCUT2D eigenvalue weighted by Crippen LogP contribution is -2.41. The van der Waals surface area contributed by atoms with Crippen molar-refractivity contribution >= 4 is 11.9 Å². The Kier molecular flexibility index (Phi) is 4.00. The first-order valence-electron chi connectivity index (χ1n) is 5.22. The van der Waals surface area contributed by atoms with Gasteiger partial charge in [-0.2, -0.15) is 0 Å². The van der Waals surface area contributed by atoms with E-state index in [4.69, 9.17) is 5.11 Å². The molecule has 4 nitrogen and oxygen atoms in total. The molecule has 0 heterocycles. The second-order valence-electron chi connectivity index (χ2n) is 3.98. The molecular formula is C12H13F2NO3. The zero-order chi connectivity index (χ0) is 14.0. The van der Waals surface area contributed by atoms with E-state index in [0.29, 0.717) is 0 Å². The van der Waals surface area contributed by atoms with Crippen molar-refractivity contribution in [3.8, 4) is 0 Å². The second kappa shape index (κ2) is 5.12. The summed E-state index contributed by atoms with van der Waals surface area (Å²) in [5, 5.41) is 8.76. The SMILES string of the molecule is Cc1ccc(F)c(C(=O)N(C)C(C)C(=O)O)c1F. The summed E-state index contributed by atoms with van der Waals surface area (Å²) >= 11 is 0. The highest BCUT2D eigenvalue weighted by atomic mass is 19.1. The fourth-order valence-electron chi connectivity index (χ4n) is 1.37. The highest BCUT2D eigenvalue weighted by Gasteiger charge is 2.27. The van der Waals surface area contributed by atoms with E-state index in [2.05, 4.69) is 0 Å². The maximum absolute atomic E-state index is 13.7. The Labute approximate surface area is 103 Å². The lowest BCUT2D eigenvalue weighted by atomic mass is 10.1. The molecule has 0 saturated heterocycles. The minimum atomic E-state index is -1.25. The van der Waals surface area contributed by atoms with Crippen molar-refractivity contribution < 1.29 is 23.5 Å². The number of aliphatic carboxylic acids is 1. The predicted octanol–water partition coefficient (Wildman–Crippen LogP) is 1.82. The van der Waals surface area contributed by atoms with Crippen LogP contribution in [0.15, 0.2) is 12.1 Å². The Morgan fingerprint density at radius 1 is 1.33 bits per heavy atom. The van der Waals surface area contributed by atoms with Crippen molar-refractivity contribution in [2.24, 2.45) is 0 Å². The Hall–Kier alpha value is -1.98. The van der Waals surface area contributed by atoms with Crippen LogP contribution in [0, 0.1) is 18.6 Å². The van der Waals surface area contributed by atoms with E-state index in [0.717, 1.165) is 11.0 Å². The summed E-state index contributed by atoms with van der Waals surface area (Å²) in [4.78, 5) is 23.4. The van der Waals surface area contributed by atoms with Crippen LogP contribution in [0.1, 0.15) is 22.8 Å². The lowest BCUT2D eigenvalue weighted by Gasteiger charge is -2.22. The summed E-state index contributed by atoms with van der Waals surface area (Å²) in [6, 6.07) is 1.02. The van der Waals surface area contributed by atoms with Gasteiger partial charge in [0, 0.05) is 7.05 Å². The van der Waals surface area contributed by atoms with Gasteiger partial charge in [-0.3, -0.25) is 4.79 Å². The molecule has 0 aromatic heterocycles. The number of amides is 1. The van der Waals surface area contributed by atoms with E-state index < -0.39 is 35.1 Å². The fourth-order valence-corrected chi connectivity index (χ4v) is 1.37. The van der Waals surface area contributed by atoms with E-state index >= 15 is 0 Å².